The molecule has 14 rings (SSSR count). The van der Waals surface area contributed by atoms with E-state index in [1.165, 1.54) is 82.2 Å². The number of hydrogen-bond acceptors (Lipinski definition) is 2. The van der Waals surface area contributed by atoms with Crippen LogP contribution < -0.4 is 0 Å². The van der Waals surface area contributed by atoms with Gasteiger partial charge >= 0.3 is 0 Å². The van der Waals surface area contributed by atoms with Gasteiger partial charge in [0, 0.05) is 27.1 Å². The second-order valence-corrected chi connectivity index (χ2v) is 16.4. The third-order valence-corrected chi connectivity index (χ3v) is 13.6. The summed E-state index contributed by atoms with van der Waals surface area (Å²) in [5.41, 5.74) is 15.1. The van der Waals surface area contributed by atoms with E-state index in [0.29, 0.717) is 5.95 Å². The number of aromatic nitrogens is 3. The van der Waals surface area contributed by atoms with Crippen molar-refractivity contribution in [3.05, 3.63) is 222 Å². The van der Waals surface area contributed by atoms with Crippen molar-refractivity contribution in [1.29, 1.82) is 0 Å². The average molecular weight is 760 g/mol. The molecule has 0 radical (unpaired) electrons. The topological polar surface area (TPSA) is 30.7 Å². The van der Waals surface area contributed by atoms with Gasteiger partial charge in [-0.3, -0.25) is 4.57 Å². The van der Waals surface area contributed by atoms with Crippen molar-refractivity contribution in [2.75, 3.05) is 0 Å². The van der Waals surface area contributed by atoms with Crippen LogP contribution in [0, 0.1) is 0 Å². The lowest BCUT2D eigenvalue weighted by Crippen LogP contribution is -2.26. The summed E-state index contributed by atoms with van der Waals surface area (Å²) in [7, 11) is 0. The fourth-order valence-corrected chi connectivity index (χ4v) is 11.3. The lowest BCUT2D eigenvalue weighted by atomic mass is 9.69. The Labute approximate surface area is 345 Å². The zero-order chi connectivity index (χ0) is 39.1. The largest absolute Gasteiger partial charge is 0.277 e. The second kappa shape index (κ2) is 11.6. The van der Waals surface area contributed by atoms with E-state index in [4.69, 9.17) is 9.97 Å². The molecule has 276 valence electrons. The third kappa shape index (κ3) is 3.94. The first kappa shape index (κ1) is 32.1. The maximum absolute atomic E-state index is 5.66. The number of rotatable bonds is 2. The summed E-state index contributed by atoms with van der Waals surface area (Å²) in [5, 5.41) is 10.7. The van der Waals surface area contributed by atoms with E-state index in [2.05, 4.69) is 205 Å². The van der Waals surface area contributed by atoms with Crippen LogP contribution in [0.4, 0.5) is 0 Å². The van der Waals surface area contributed by atoms with Crippen LogP contribution in [0.25, 0.3) is 104 Å². The molecule has 0 saturated heterocycles. The van der Waals surface area contributed by atoms with E-state index >= 15 is 0 Å². The van der Waals surface area contributed by atoms with Crippen molar-refractivity contribution in [1.82, 2.24) is 14.5 Å². The van der Waals surface area contributed by atoms with Gasteiger partial charge in [0.25, 0.3) is 0 Å². The molecular formula is C57H33N3. The SMILES string of the molecule is c1ccc(-c2nc(-n3c4ccc5c(c4c4ccc6ccccc6c43)C3(c4ccccc4-c4ccccc43)c3ccc4ccccc4c3-5)nc3ccc4ccccc4c23)cc1. The van der Waals surface area contributed by atoms with Crippen LogP contribution in [-0.4, -0.2) is 14.5 Å². The molecule has 0 unspecified atom stereocenters. The molecule has 2 aromatic heterocycles. The molecule has 0 atom stereocenters. The molecular weight excluding hydrogens is 727 g/mol. The molecule has 3 nitrogen and oxygen atoms in total. The zero-order valence-corrected chi connectivity index (χ0v) is 32.4. The summed E-state index contributed by atoms with van der Waals surface area (Å²) in [4.78, 5) is 11.2. The Morgan fingerprint density at radius 1 is 0.383 bits per heavy atom. The van der Waals surface area contributed by atoms with Gasteiger partial charge in [-0.05, 0) is 83.6 Å². The fraction of sp³-hybridized carbons (Fsp3) is 0.0175. The Morgan fingerprint density at radius 2 is 0.983 bits per heavy atom. The summed E-state index contributed by atoms with van der Waals surface area (Å²) < 4.78 is 2.37. The summed E-state index contributed by atoms with van der Waals surface area (Å²) in [5.74, 6) is 0.662. The minimum atomic E-state index is -0.551. The molecule has 0 saturated carbocycles. The summed E-state index contributed by atoms with van der Waals surface area (Å²) in [6.45, 7) is 0. The molecule has 1 spiro atoms. The quantitative estimate of drug-likeness (QED) is 0.164. The smallest absolute Gasteiger partial charge is 0.235 e. The highest BCUT2D eigenvalue weighted by Gasteiger charge is 2.53. The molecule has 12 aromatic rings. The zero-order valence-electron chi connectivity index (χ0n) is 32.4. The van der Waals surface area contributed by atoms with Crippen LogP contribution in [-0.2, 0) is 5.41 Å². The van der Waals surface area contributed by atoms with Crippen molar-refractivity contribution < 1.29 is 0 Å². The number of nitrogens with zero attached hydrogens (tertiary/aromatic N) is 3. The van der Waals surface area contributed by atoms with Gasteiger partial charge in [0.15, 0.2) is 0 Å². The van der Waals surface area contributed by atoms with Crippen molar-refractivity contribution in [2.45, 2.75) is 5.41 Å². The van der Waals surface area contributed by atoms with E-state index in [0.717, 1.165) is 38.6 Å². The van der Waals surface area contributed by atoms with Gasteiger partial charge in [-0.1, -0.05) is 188 Å². The lowest BCUT2D eigenvalue weighted by Gasteiger charge is -2.31. The number of fused-ring (bicyclic) bond motifs is 21. The first-order chi connectivity index (χ1) is 29.8. The van der Waals surface area contributed by atoms with Gasteiger partial charge in [-0.15, -0.1) is 0 Å². The highest BCUT2D eigenvalue weighted by molar-refractivity contribution is 6.23. The molecule has 2 aliphatic carbocycles. The molecule has 0 fully saturated rings. The van der Waals surface area contributed by atoms with E-state index < -0.39 is 5.41 Å². The van der Waals surface area contributed by atoms with Gasteiger partial charge in [0.2, 0.25) is 5.95 Å². The Balaban J connectivity index is 1.21. The Bertz CT molecular complexity index is 3790. The van der Waals surface area contributed by atoms with Gasteiger partial charge in [-0.2, -0.15) is 0 Å². The highest BCUT2D eigenvalue weighted by atomic mass is 15.2. The maximum Gasteiger partial charge on any atom is 0.235 e. The van der Waals surface area contributed by atoms with Crippen molar-refractivity contribution in [3.8, 4) is 39.5 Å². The lowest BCUT2D eigenvalue weighted by molar-refractivity contribution is 0.802. The molecule has 0 bridgehead atoms. The van der Waals surface area contributed by atoms with Crippen LogP contribution in [0.15, 0.2) is 200 Å². The summed E-state index contributed by atoms with van der Waals surface area (Å²) >= 11 is 0. The van der Waals surface area contributed by atoms with Crippen LogP contribution in [0.2, 0.25) is 0 Å². The van der Waals surface area contributed by atoms with Gasteiger partial charge < -0.3 is 0 Å². The first-order valence-electron chi connectivity index (χ1n) is 20.8. The first-order valence-corrected chi connectivity index (χ1v) is 20.8. The number of hydrogen-bond donors (Lipinski definition) is 0. The van der Waals surface area contributed by atoms with Crippen molar-refractivity contribution >= 4 is 65.0 Å². The predicted octanol–water partition coefficient (Wildman–Crippen LogP) is 14.2. The van der Waals surface area contributed by atoms with E-state index in [-0.39, 0.29) is 0 Å². The molecule has 10 aromatic carbocycles. The summed E-state index contributed by atoms with van der Waals surface area (Å²) in [6, 6.07) is 73.6. The van der Waals surface area contributed by atoms with E-state index in [1.54, 1.807) is 0 Å². The molecule has 3 heteroatoms. The normalized spacial score (nSPS) is 13.5. The highest BCUT2D eigenvalue weighted by Crippen LogP contribution is 2.65. The molecule has 0 N–H and O–H groups in total. The standard InChI is InChI=1S/C57H33N3/c1-2-17-37(18-3-1)54-51-39-20-8-5-15-35(39)28-32-48(51)58-56(59-54)60-49-33-30-43-50-38-19-7-4-14-34(38)27-31-47(50)57(45-24-12-10-22-41(45)42-23-11-13-25-46(42)57)53(43)52(49)44-29-26-36-16-6-9-21-40(36)55(44)60/h1-33H. The predicted molar refractivity (Wildman–Crippen MR) is 248 cm³/mol. The van der Waals surface area contributed by atoms with Gasteiger partial charge in [0.05, 0.1) is 27.7 Å². The fourth-order valence-electron chi connectivity index (χ4n) is 11.3. The Morgan fingerprint density at radius 3 is 1.75 bits per heavy atom. The minimum Gasteiger partial charge on any atom is -0.277 e. The number of benzene rings is 10. The third-order valence-electron chi connectivity index (χ3n) is 13.6. The van der Waals surface area contributed by atoms with Crippen LogP contribution in [0.3, 0.4) is 0 Å². The summed E-state index contributed by atoms with van der Waals surface area (Å²) in [6.07, 6.45) is 0. The van der Waals surface area contributed by atoms with Crippen LogP contribution in [0.1, 0.15) is 22.3 Å². The molecule has 2 heterocycles. The Kier molecular flexibility index (Phi) is 6.22. The van der Waals surface area contributed by atoms with Crippen molar-refractivity contribution in [2.24, 2.45) is 0 Å². The van der Waals surface area contributed by atoms with Crippen LogP contribution >= 0.6 is 0 Å². The molecule has 60 heavy (non-hydrogen) atoms. The average Bonchev–Trinajstić information content (AvgIpc) is 3.93. The van der Waals surface area contributed by atoms with Gasteiger partial charge in [-0.25, -0.2) is 9.97 Å². The molecule has 0 amide bonds. The maximum atomic E-state index is 5.66. The monoisotopic (exact) mass is 759 g/mol. The van der Waals surface area contributed by atoms with Crippen molar-refractivity contribution in [3.63, 3.8) is 0 Å². The Hall–Kier alpha value is -7.88. The molecule has 2 aliphatic rings. The van der Waals surface area contributed by atoms with Gasteiger partial charge in [0.1, 0.15) is 0 Å². The van der Waals surface area contributed by atoms with Crippen LogP contribution in [0.5, 0.6) is 0 Å². The van der Waals surface area contributed by atoms with E-state index in [1.807, 2.05) is 0 Å². The van der Waals surface area contributed by atoms with E-state index in [9.17, 15) is 0 Å². The molecule has 0 aliphatic heterocycles. The minimum absolute atomic E-state index is 0.551. The second-order valence-electron chi connectivity index (χ2n) is 16.4.